The second-order valence-corrected chi connectivity index (χ2v) is 6.74. The third-order valence-corrected chi connectivity index (χ3v) is 4.70. The molecule has 1 heterocycles. The van der Waals surface area contributed by atoms with Gasteiger partial charge in [-0.2, -0.15) is 0 Å². The van der Waals surface area contributed by atoms with E-state index in [1.807, 2.05) is 36.4 Å². The first-order valence-electron chi connectivity index (χ1n) is 9.51. The molecule has 0 aliphatic carbocycles. The molecule has 0 unspecified atom stereocenters. The molecule has 0 radical (unpaired) electrons. The van der Waals surface area contributed by atoms with E-state index >= 15 is 0 Å². The summed E-state index contributed by atoms with van der Waals surface area (Å²) in [4.78, 5) is 2.61. The molecular formula is C23H32N2. The van der Waals surface area contributed by atoms with E-state index in [1.54, 1.807) is 0 Å². The van der Waals surface area contributed by atoms with E-state index in [9.17, 15) is 0 Å². The molecule has 0 saturated carbocycles. The molecule has 25 heavy (non-hydrogen) atoms. The van der Waals surface area contributed by atoms with Crippen LogP contribution in [0.25, 0.3) is 6.08 Å². The van der Waals surface area contributed by atoms with Crippen molar-refractivity contribution in [3.05, 3.63) is 78.0 Å². The Bertz CT molecular complexity index is 584. The number of benzene rings is 2. The molecule has 2 nitrogen and oxygen atoms in total. The SMILES string of the molecule is CCCN1CCC(Cc2ccccc2)CC1.NC=Cc1ccccc1. The molecule has 2 aromatic carbocycles. The smallest absolute Gasteiger partial charge is 0.00160 e. The summed E-state index contributed by atoms with van der Waals surface area (Å²) in [7, 11) is 0. The fraction of sp³-hybridized carbons (Fsp3) is 0.391. The van der Waals surface area contributed by atoms with Crippen molar-refractivity contribution in [3.63, 3.8) is 0 Å². The lowest BCUT2D eigenvalue weighted by molar-refractivity contribution is 0.184. The highest BCUT2D eigenvalue weighted by molar-refractivity contribution is 5.47. The van der Waals surface area contributed by atoms with Gasteiger partial charge in [-0.15, -0.1) is 0 Å². The quantitative estimate of drug-likeness (QED) is 0.835. The first-order chi connectivity index (χ1) is 12.3. The summed E-state index contributed by atoms with van der Waals surface area (Å²) in [6, 6.07) is 20.9. The Morgan fingerprint density at radius 1 is 0.960 bits per heavy atom. The Hall–Kier alpha value is -2.06. The second-order valence-electron chi connectivity index (χ2n) is 6.74. The van der Waals surface area contributed by atoms with Crippen LogP contribution in [-0.4, -0.2) is 24.5 Å². The molecule has 0 aromatic heterocycles. The maximum atomic E-state index is 5.18. The van der Waals surface area contributed by atoms with E-state index in [1.165, 1.54) is 57.1 Å². The zero-order chi connectivity index (χ0) is 17.7. The molecule has 1 saturated heterocycles. The van der Waals surface area contributed by atoms with Crippen LogP contribution in [-0.2, 0) is 6.42 Å². The maximum Gasteiger partial charge on any atom is -0.00160 e. The minimum absolute atomic E-state index is 0.913. The average Bonchev–Trinajstić information content (AvgIpc) is 2.66. The van der Waals surface area contributed by atoms with Gasteiger partial charge in [0.15, 0.2) is 0 Å². The zero-order valence-corrected chi connectivity index (χ0v) is 15.5. The van der Waals surface area contributed by atoms with Crippen LogP contribution < -0.4 is 5.73 Å². The van der Waals surface area contributed by atoms with Crippen LogP contribution in [0.5, 0.6) is 0 Å². The Labute approximate surface area is 153 Å². The highest BCUT2D eigenvalue weighted by Crippen LogP contribution is 2.21. The van der Waals surface area contributed by atoms with Crippen LogP contribution in [0.1, 0.15) is 37.3 Å². The van der Waals surface area contributed by atoms with Crippen molar-refractivity contribution in [1.82, 2.24) is 4.90 Å². The van der Waals surface area contributed by atoms with Crippen molar-refractivity contribution in [2.45, 2.75) is 32.6 Å². The predicted octanol–water partition coefficient (Wildman–Crippen LogP) is 4.97. The molecule has 2 heteroatoms. The van der Waals surface area contributed by atoms with Crippen LogP contribution in [0.3, 0.4) is 0 Å². The standard InChI is InChI=1S/C15H23N.C8H9N/c1-2-10-16-11-8-15(9-12-16)13-14-6-4-3-5-7-14;9-7-6-8-4-2-1-3-5-8/h3-7,15H,2,8-13H2,1H3;1-7H,9H2. The summed E-state index contributed by atoms with van der Waals surface area (Å²) >= 11 is 0. The fourth-order valence-electron chi connectivity index (χ4n) is 3.35. The maximum absolute atomic E-state index is 5.18. The van der Waals surface area contributed by atoms with Gasteiger partial charge in [0.05, 0.1) is 0 Å². The first kappa shape index (κ1) is 19.3. The number of nitrogens with zero attached hydrogens (tertiary/aromatic N) is 1. The van der Waals surface area contributed by atoms with E-state index in [0.29, 0.717) is 0 Å². The third-order valence-electron chi connectivity index (χ3n) is 4.70. The highest BCUT2D eigenvalue weighted by Gasteiger charge is 2.18. The molecule has 1 aliphatic rings. The van der Waals surface area contributed by atoms with Gasteiger partial charge in [0.2, 0.25) is 0 Å². The summed E-state index contributed by atoms with van der Waals surface area (Å²) in [6.07, 6.45) is 8.74. The lowest BCUT2D eigenvalue weighted by atomic mass is 9.90. The van der Waals surface area contributed by atoms with E-state index in [2.05, 4.69) is 42.2 Å². The van der Waals surface area contributed by atoms with Gasteiger partial charge in [0.1, 0.15) is 0 Å². The van der Waals surface area contributed by atoms with Crippen molar-refractivity contribution < 1.29 is 0 Å². The van der Waals surface area contributed by atoms with Crippen molar-refractivity contribution in [2.75, 3.05) is 19.6 Å². The minimum atomic E-state index is 0.913. The van der Waals surface area contributed by atoms with Crippen LogP contribution >= 0.6 is 0 Å². The molecule has 1 aliphatic heterocycles. The van der Waals surface area contributed by atoms with Gasteiger partial charge < -0.3 is 10.6 Å². The molecule has 3 rings (SSSR count). The summed E-state index contributed by atoms with van der Waals surface area (Å²) in [5.41, 5.74) is 7.83. The van der Waals surface area contributed by atoms with Gasteiger partial charge in [-0.3, -0.25) is 0 Å². The zero-order valence-electron chi connectivity index (χ0n) is 15.5. The normalized spacial score (nSPS) is 15.7. The van der Waals surface area contributed by atoms with Gasteiger partial charge >= 0.3 is 0 Å². The van der Waals surface area contributed by atoms with E-state index in [4.69, 9.17) is 5.73 Å². The van der Waals surface area contributed by atoms with E-state index in [0.717, 1.165) is 11.5 Å². The Morgan fingerprint density at radius 2 is 1.56 bits per heavy atom. The van der Waals surface area contributed by atoms with Crippen LogP contribution in [0, 0.1) is 5.92 Å². The van der Waals surface area contributed by atoms with Crippen molar-refractivity contribution >= 4 is 6.08 Å². The number of rotatable bonds is 5. The van der Waals surface area contributed by atoms with Crippen LogP contribution in [0.15, 0.2) is 66.9 Å². The summed E-state index contributed by atoms with van der Waals surface area (Å²) in [6.45, 7) is 6.19. The fourth-order valence-corrected chi connectivity index (χ4v) is 3.35. The molecule has 1 fully saturated rings. The van der Waals surface area contributed by atoms with Gasteiger partial charge in [0, 0.05) is 0 Å². The van der Waals surface area contributed by atoms with E-state index < -0.39 is 0 Å². The Kier molecular flexibility index (Phi) is 8.85. The lowest BCUT2D eigenvalue weighted by Crippen LogP contribution is -2.34. The molecule has 0 amide bonds. The topological polar surface area (TPSA) is 29.3 Å². The van der Waals surface area contributed by atoms with Crippen LogP contribution in [0.2, 0.25) is 0 Å². The highest BCUT2D eigenvalue weighted by atomic mass is 15.1. The number of nitrogens with two attached hydrogens (primary N) is 1. The largest absolute Gasteiger partial charge is 0.405 e. The van der Waals surface area contributed by atoms with Gasteiger partial charge in [-0.1, -0.05) is 67.6 Å². The summed E-state index contributed by atoms with van der Waals surface area (Å²) in [5.74, 6) is 0.913. The molecule has 0 atom stereocenters. The Morgan fingerprint density at radius 3 is 2.12 bits per heavy atom. The molecule has 2 aromatic rings. The molecule has 0 spiro atoms. The number of hydrogen-bond donors (Lipinski definition) is 1. The molecule has 2 N–H and O–H groups in total. The average molecular weight is 337 g/mol. The monoisotopic (exact) mass is 336 g/mol. The van der Waals surface area contributed by atoms with Gasteiger partial charge in [-0.25, -0.2) is 0 Å². The van der Waals surface area contributed by atoms with Crippen molar-refractivity contribution in [2.24, 2.45) is 11.7 Å². The number of piperidine rings is 1. The molecular weight excluding hydrogens is 304 g/mol. The minimum Gasteiger partial charge on any atom is -0.405 e. The predicted molar refractivity (Wildman–Crippen MR) is 109 cm³/mol. The third kappa shape index (κ3) is 7.57. The van der Waals surface area contributed by atoms with Gasteiger partial charge in [-0.05, 0) is 74.6 Å². The number of hydrogen-bond acceptors (Lipinski definition) is 2. The Balaban J connectivity index is 0.000000212. The second kappa shape index (κ2) is 11.5. The molecule has 0 bridgehead atoms. The molecule has 134 valence electrons. The van der Waals surface area contributed by atoms with Crippen molar-refractivity contribution in [3.8, 4) is 0 Å². The summed E-state index contributed by atoms with van der Waals surface area (Å²) in [5, 5.41) is 0. The van der Waals surface area contributed by atoms with Gasteiger partial charge in [0.25, 0.3) is 0 Å². The summed E-state index contributed by atoms with van der Waals surface area (Å²) < 4.78 is 0. The van der Waals surface area contributed by atoms with Crippen LogP contribution in [0.4, 0.5) is 0 Å². The number of likely N-dealkylation sites (tertiary alicyclic amines) is 1. The first-order valence-corrected chi connectivity index (χ1v) is 9.51. The van der Waals surface area contributed by atoms with Crippen molar-refractivity contribution in [1.29, 1.82) is 0 Å². The van der Waals surface area contributed by atoms with E-state index in [-0.39, 0.29) is 0 Å². The lowest BCUT2D eigenvalue weighted by Gasteiger charge is -2.31.